The van der Waals surface area contributed by atoms with Gasteiger partial charge in [0.2, 0.25) is 0 Å². The van der Waals surface area contributed by atoms with E-state index in [4.69, 9.17) is 16.3 Å². The number of hydrazone groups is 1. The van der Waals surface area contributed by atoms with Gasteiger partial charge in [0.25, 0.3) is 11.8 Å². The maximum absolute atomic E-state index is 12.6. The molecular formula is C23H15Br3ClN3O4. The van der Waals surface area contributed by atoms with Crippen molar-refractivity contribution >= 4 is 83.4 Å². The summed E-state index contributed by atoms with van der Waals surface area (Å²) < 4.78 is 7.38. The van der Waals surface area contributed by atoms with Gasteiger partial charge in [-0.05, 0) is 80.4 Å². The third-order valence-electron chi connectivity index (χ3n) is 4.23. The number of amides is 2. The zero-order valence-electron chi connectivity index (χ0n) is 17.2. The average molecular weight is 673 g/mol. The van der Waals surface area contributed by atoms with E-state index < -0.39 is 17.8 Å². The van der Waals surface area contributed by atoms with Crippen molar-refractivity contribution in [2.24, 2.45) is 5.10 Å². The Bertz CT molecular complexity index is 1270. The van der Waals surface area contributed by atoms with E-state index in [1.807, 2.05) is 0 Å². The van der Waals surface area contributed by atoms with E-state index in [2.05, 4.69) is 63.6 Å². The van der Waals surface area contributed by atoms with Gasteiger partial charge in [0.05, 0.1) is 22.8 Å². The van der Waals surface area contributed by atoms with Crippen molar-refractivity contribution in [3.8, 4) is 5.75 Å². The summed E-state index contributed by atoms with van der Waals surface area (Å²) in [5.74, 6) is -1.32. The minimum absolute atomic E-state index is 0.220. The van der Waals surface area contributed by atoms with E-state index in [-0.39, 0.29) is 12.3 Å². The third-order valence-corrected chi connectivity index (χ3v) is 6.22. The van der Waals surface area contributed by atoms with Gasteiger partial charge in [0, 0.05) is 25.1 Å². The van der Waals surface area contributed by atoms with Crippen molar-refractivity contribution < 1.29 is 19.1 Å². The molecule has 0 bridgehead atoms. The molecule has 0 aliphatic carbocycles. The van der Waals surface area contributed by atoms with E-state index in [1.54, 1.807) is 60.7 Å². The molecule has 3 aromatic carbocycles. The van der Waals surface area contributed by atoms with Crippen LogP contribution in [0.4, 0.5) is 0 Å². The molecule has 0 aromatic heterocycles. The first-order valence-corrected chi connectivity index (χ1v) is 12.3. The number of carbonyl (C=O) groups is 3. The van der Waals surface area contributed by atoms with Crippen LogP contribution in [-0.2, 0) is 4.79 Å². The van der Waals surface area contributed by atoms with E-state index in [0.717, 1.165) is 0 Å². The van der Waals surface area contributed by atoms with Crippen molar-refractivity contribution in [1.29, 1.82) is 0 Å². The molecule has 11 heteroatoms. The van der Waals surface area contributed by atoms with Gasteiger partial charge in [-0.3, -0.25) is 9.59 Å². The summed E-state index contributed by atoms with van der Waals surface area (Å²) >= 11 is 15.9. The summed E-state index contributed by atoms with van der Waals surface area (Å²) in [5, 5.41) is 6.90. The smallest absolute Gasteiger partial charge is 0.344 e. The second-order valence-corrected chi connectivity index (χ2v) is 9.72. The largest absolute Gasteiger partial charge is 0.421 e. The zero-order valence-corrected chi connectivity index (χ0v) is 22.7. The Hall–Kier alpha value is -2.53. The molecule has 0 spiro atoms. The standard InChI is InChI=1S/C23H15Br3ClN3O4/c24-15-9-14(21(19(26)10-15)34-23(33)17-3-1-2-4-18(17)25)11-29-30-20(31)12-28-22(32)13-5-7-16(27)8-6-13/h1-11H,12H2,(H,28,32)(H,30,31)/b29-11+. The van der Waals surface area contributed by atoms with Crippen molar-refractivity contribution in [3.63, 3.8) is 0 Å². The molecule has 0 saturated heterocycles. The van der Waals surface area contributed by atoms with Crippen molar-refractivity contribution in [1.82, 2.24) is 10.7 Å². The Morgan fingerprint density at radius 3 is 2.38 bits per heavy atom. The molecule has 7 nitrogen and oxygen atoms in total. The summed E-state index contributed by atoms with van der Waals surface area (Å²) in [6.07, 6.45) is 1.33. The van der Waals surface area contributed by atoms with Gasteiger partial charge in [0.1, 0.15) is 0 Å². The van der Waals surface area contributed by atoms with Crippen molar-refractivity contribution in [2.45, 2.75) is 0 Å². The van der Waals surface area contributed by atoms with Crippen LogP contribution in [0, 0.1) is 0 Å². The molecule has 34 heavy (non-hydrogen) atoms. The van der Waals surface area contributed by atoms with Crippen molar-refractivity contribution in [2.75, 3.05) is 6.54 Å². The molecule has 3 rings (SSSR count). The zero-order chi connectivity index (χ0) is 24.7. The predicted molar refractivity (Wildman–Crippen MR) is 140 cm³/mol. The van der Waals surface area contributed by atoms with Crippen LogP contribution in [0.2, 0.25) is 5.02 Å². The second-order valence-electron chi connectivity index (χ2n) is 6.66. The Kier molecular flexibility index (Phi) is 9.40. The van der Waals surface area contributed by atoms with E-state index >= 15 is 0 Å². The molecule has 0 aliphatic rings. The maximum Gasteiger partial charge on any atom is 0.344 e. The highest BCUT2D eigenvalue weighted by Crippen LogP contribution is 2.33. The van der Waals surface area contributed by atoms with Crippen LogP contribution in [0.25, 0.3) is 0 Å². The lowest BCUT2D eigenvalue weighted by molar-refractivity contribution is -0.120. The number of hydrogen-bond donors (Lipinski definition) is 2. The highest BCUT2D eigenvalue weighted by atomic mass is 79.9. The Morgan fingerprint density at radius 1 is 0.971 bits per heavy atom. The number of ether oxygens (including phenoxy) is 1. The molecule has 0 fully saturated rings. The number of hydrogen-bond acceptors (Lipinski definition) is 5. The highest BCUT2D eigenvalue weighted by molar-refractivity contribution is 9.11. The average Bonchev–Trinajstić information content (AvgIpc) is 2.80. The lowest BCUT2D eigenvalue weighted by Crippen LogP contribution is -2.34. The van der Waals surface area contributed by atoms with E-state index in [1.165, 1.54) is 6.21 Å². The number of rotatable bonds is 7. The molecular weight excluding hydrogens is 657 g/mol. The first-order valence-electron chi connectivity index (χ1n) is 9.56. The molecule has 0 heterocycles. The van der Waals surface area contributed by atoms with Crippen LogP contribution in [0.3, 0.4) is 0 Å². The van der Waals surface area contributed by atoms with Gasteiger partial charge < -0.3 is 10.1 Å². The van der Waals surface area contributed by atoms with Crippen molar-refractivity contribution in [3.05, 3.63) is 95.8 Å². The number of carbonyl (C=O) groups excluding carboxylic acids is 3. The molecule has 2 amide bonds. The third kappa shape index (κ3) is 7.23. The number of nitrogens with one attached hydrogen (secondary N) is 2. The topological polar surface area (TPSA) is 96.9 Å². The normalized spacial score (nSPS) is 10.7. The molecule has 0 unspecified atom stereocenters. The molecule has 0 aliphatic heterocycles. The Labute approximate surface area is 225 Å². The maximum atomic E-state index is 12.6. The number of halogens is 4. The van der Waals surface area contributed by atoms with Crippen LogP contribution in [0.5, 0.6) is 5.75 Å². The predicted octanol–water partition coefficient (Wildman–Crippen LogP) is 5.73. The fourth-order valence-electron chi connectivity index (χ4n) is 2.64. The number of nitrogens with zero attached hydrogens (tertiary/aromatic N) is 1. The molecule has 0 saturated carbocycles. The summed E-state index contributed by atoms with van der Waals surface area (Å²) in [6.45, 7) is -0.287. The van der Waals surface area contributed by atoms with Crippen LogP contribution in [0.1, 0.15) is 26.3 Å². The highest BCUT2D eigenvalue weighted by Gasteiger charge is 2.17. The minimum Gasteiger partial charge on any atom is -0.421 e. The molecule has 0 radical (unpaired) electrons. The van der Waals surface area contributed by atoms with Gasteiger partial charge >= 0.3 is 5.97 Å². The number of benzene rings is 3. The number of esters is 1. The molecule has 0 atom stereocenters. The molecule has 174 valence electrons. The lowest BCUT2D eigenvalue weighted by atomic mass is 10.2. The van der Waals surface area contributed by atoms with E-state index in [0.29, 0.717) is 35.1 Å². The Balaban J connectivity index is 1.65. The monoisotopic (exact) mass is 669 g/mol. The van der Waals surface area contributed by atoms with Crippen LogP contribution >= 0.6 is 59.4 Å². The van der Waals surface area contributed by atoms with Crippen LogP contribution in [-0.4, -0.2) is 30.5 Å². The summed E-state index contributed by atoms with van der Waals surface area (Å²) in [6, 6.07) is 16.5. The van der Waals surface area contributed by atoms with Crippen LogP contribution < -0.4 is 15.5 Å². The minimum atomic E-state index is -0.570. The quantitative estimate of drug-likeness (QED) is 0.145. The summed E-state index contributed by atoms with van der Waals surface area (Å²) in [5.41, 5.74) is 3.47. The lowest BCUT2D eigenvalue weighted by Gasteiger charge is -2.11. The van der Waals surface area contributed by atoms with Gasteiger partial charge in [-0.25, -0.2) is 10.2 Å². The fraction of sp³-hybridized carbons (Fsp3) is 0.0435. The summed E-state index contributed by atoms with van der Waals surface area (Å²) in [7, 11) is 0. The van der Waals surface area contributed by atoms with Crippen LogP contribution in [0.15, 0.2) is 79.2 Å². The molecule has 3 aromatic rings. The Morgan fingerprint density at radius 2 is 1.68 bits per heavy atom. The van der Waals surface area contributed by atoms with Gasteiger partial charge in [-0.2, -0.15) is 5.10 Å². The first kappa shape index (κ1) is 26.1. The fourth-order valence-corrected chi connectivity index (χ4v) is 4.55. The SMILES string of the molecule is O=C(CNC(=O)c1ccc(Cl)cc1)N/N=C/c1cc(Br)cc(Br)c1OC(=O)c1ccccc1Br. The first-order chi connectivity index (χ1) is 16.2. The van der Waals surface area contributed by atoms with Gasteiger partial charge in [-0.1, -0.05) is 39.7 Å². The van der Waals surface area contributed by atoms with E-state index in [9.17, 15) is 14.4 Å². The molecule has 2 N–H and O–H groups in total. The van der Waals surface area contributed by atoms with Gasteiger partial charge in [-0.15, -0.1) is 0 Å². The second kappa shape index (κ2) is 12.3. The summed E-state index contributed by atoms with van der Waals surface area (Å²) in [4.78, 5) is 36.8. The van der Waals surface area contributed by atoms with Gasteiger partial charge in [0.15, 0.2) is 5.75 Å².